The van der Waals surface area contributed by atoms with Crippen LogP contribution in [0.4, 0.5) is 18.9 Å². The zero-order valence-corrected chi connectivity index (χ0v) is 14.4. The lowest BCUT2D eigenvalue weighted by Gasteiger charge is -2.22. The van der Waals surface area contributed by atoms with Crippen molar-refractivity contribution in [1.29, 1.82) is 0 Å². The molecule has 2 rings (SSSR count). The van der Waals surface area contributed by atoms with Gasteiger partial charge >= 0.3 is 6.18 Å². The smallest absolute Gasteiger partial charge is 0.375 e. The number of likely N-dealkylation sites (N-methyl/N-ethyl adjacent to an activating group) is 1. The van der Waals surface area contributed by atoms with Crippen molar-refractivity contribution in [1.82, 2.24) is 4.90 Å². The molecule has 2 aromatic carbocycles. The van der Waals surface area contributed by atoms with E-state index in [0.29, 0.717) is 13.1 Å². The number of hydrogen-bond donors (Lipinski definition) is 1. The summed E-state index contributed by atoms with van der Waals surface area (Å²) in [6.45, 7) is 2.64. The van der Waals surface area contributed by atoms with Crippen molar-refractivity contribution >= 4 is 23.2 Å². The molecule has 134 valence electrons. The normalized spacial score (nSPS) is 11.2. The van der Waals surface area contributed by atoms with Gasteiger partial charge in [-0.15, -0.1) is 0 Å². The molecule has 2 aromatic rings. The minimum atomic E-state index is -4.46. The summed E-state index contributed by atoms with van der Waals surface area (Å²) in [4.78, 5) is 14.0. The Bertz CT molecular complexity index is 720. The fourth-order valence-corrected chi connectivity index (χ4v) is 2.48. The Balaban J connectivity index is 2.03. The van der Waals surface area contributed by atoms with Gasteiger partial charge in [-0.05, 0) is 30.7 Å². The number of alkyl halides is 3. The minimum absolute atomic E-state index is 0.0839. The van der Waals surface area contributed by atoms with Crippen molar-refractivity contribution < 1.29 is 18.0 Å². The highest BCUT2D eigenvalue weighted by molar-refractivity contribution is 6.33. The van der Waals surface area contributed by atoms with E-state index < -0.39 is 11.7 Å². The van der Waals surface area contributed by atoms with E-state index in [2.05, 4.69) is 5.32 Å². The van der Waals surface area contributed by atoms with Crippen LogP contribution in [0.3, 0.4) is 0 Å². The van der Waals surface area contributed by atoms with Gasteiger partial charge in [0.05, 0.1) is 22.8 Å². The first-order chi connectivity index (χ1) is 11.8. The van der Waals surface area contributed by atoms with Gasteiger partial charge in [-0.2, -0.15) is 13.2 Å². The number of nitrogens with one attached hydrogen (secondary N) is 1. The number of amides is 1. The summed E-state index contributed by atoms with van der Waals surface area (Å²) < 4.78 is 38.3. The number of halogens is 4. The first-order valence-electron chi connectivity index (χ1n) is 7.73. The highest BCUT2D eigenvalue weighted by Crippen LogP contribution is 2.33. The molecule has 3 nitrogen and oxygen atoms in total. The molecular weight excluding hydrogens is 353 g/mol. The molecule has 0 unspecified atom stereocenters. The maximum Gasteiger partial charge on any atom is 0.416 e. The minimum Gasteiger partial charge on any atom is -0.375 e. The largest absolute Gasteiger partial charge is 0.416 e. The molecular formula is C18H18ClF3N2O. The lowest BCUT2D eigenvalue weighted by molar-refractivity contribution is -0.137. The Labute approximate surface area is 149 Å². The summed E-state index contributed by atoms with van der Waals surface area (Å²) in [5, 5.41) is 2.83. The Hall–Kier alpha value is -2.21. The van der Waals surface area contributed by atoms with Gasteiger partial charge in [-0.1, -0.05) is 41.9 Å². The van der Waals surface area contributed by atoms with E-state index in [0.717, 1.165) is 17.7 Å². The van der Waals surface area contributed by atoms with Crippen LogP contribution in [-0.2, 0) is 17.5 Å². The van der Waals surface area contributed by atoms with Gasteiger partial charge in [0.1, 0.15) is 0 Å². The quantitative estimate of drug-likeness (QED) is 0.790. The predicted octanol–water partition coefficient (Wildman–Crippen LogP) is 4.82. The summed E-state index contributed by atoms with van der Waals surface area (Å²) in [6, 6.07) is 12.5. The molecule has 0 saturated heterocycles. The maximum absolute atomic E-state index is 12.8. The molecule has 0 aliphatic rings. The molecule has 0 aromatic heterocycles. The monoisotopic (exact) mass is 370 g/mol. The van der Waals surface area contributed by atoms with Crippen LogP contribution in [-0.4, -0.2) is 23.9 Å². The van der Waals surface area contributed by atoms with Crippen molar-refractivity contribution in [3.8, 4) is 0 Å². The first-order valence-corrected chi connectivity index (χ1v) is 8.11. The van der Waals surface area contributed by atoms with Crippen LogP contribution >= 0.6 is 11.6 Å². The zero-order valence-electron chi connectivity index (χ0n) is 13.6. The number of hydrogen-bond acceptors (Lipinski definition) is 2. The third kappa shape index (κ3) is 5.39. The Morgan fingerprint density at radius 2 is 1.84 bits per heavy atom. The number of benzene rings is 2. The second-order valence-electron chi connectivity index (χ2n) is 5.44. The Morgan fingerprint density at radius 3 is 2.44 bits per heavy atom. The molecule has 0 atom stereocenters. The molecule has 1 amide bonds. The molecule has 7 heteroatoms. The van der Waals surface area contributed by atoms with Crippen LogP contribution in [0.25, 0.3) is 0 Å². The number of carbonyl (C=O) groups is 1. The highest BCUT2D eigenvalue weighted by atomic mass is 35.5. The van der Waals surface area contributed by atoms with Crippen LogP contribution in [0, 0.1) is 0 Å². The van der Waals surface area contributed by atoms with Crippen LogP contribution < -0.4 is 5.32 Å². The van der Waals surface area contributed by atoms with Crippen LogP contribution in [0.15, 0.2) is 48.5 Å². The number of anilines is 1. The second kappa shape index (κ2) is 8.25. The number of nitrogens with zero attached hydrogens (tertiary/aromatic N) is 1. The van der Waals surface area contributed by atoms with Crippen molar-refractivity contribution in [3.63, 3.8) is 0 Å². The zero-order chi connectivity index (χ0) is 18.4. The predicted molar refractivity (Wildman–Crippen MR) is 92.5 cm³/mol. The average molecular weight is 371 g/mol. The lowest BCUT2D eigenvalue weighted by atomic mass is 10.2. The van der Waals surface area contributed by atoms with E-state index >= 15 is 0 Å². The van der Waals surface area contributed by atoms with Crippen molar-refractivity contribution in [2.24, 2.45) is 0 Å². The topological polar surface area (TPSA) is 32.3 Å². The molecule has 1 N–H and O–H groups in total. The van der Waals surface area contributed by atoms with E-state index in [4.69, 9.17) is 11.6 Å². The molecule has 0 saturated carbocycles. The molecule has 0 aliphatic carbocycles. The molecule has 0 spiro atoms. The van der Waals surface area contributed by atoms with Gasteiger partial charge in [0.15, 0.2) is 0 Å². The van der Waals surface area contributed by atoms with Crippen molar-refractivity contribution in [3.05, 3.63) is 64.7 Å². The van der Waals surface area contributed by atoms with Crippen LogP contribution in [0.2, 0.25) is 5.02 Å². The summed E-state index contributed by atoms with van der Waals surface area (Å²) in [7, 11) is 0. The van der Waals surface area contributed by atoms with Gasteiger partial charge in [-0.3, -0.25) is 4.79 Å². The van der Waals surface area contributed by atoms with Gasteiger partial charge in [-0.25, -0.2) is 0 Å². The second-order valence-corrected chi connectivity index (χ2v) is 5.85. The molecule has 0 aliphatic heterocycles. The van der Waals surface area contributed by atoms with E-state index in [1.807, 2.05) is 37.3 Å². The van der Waals surface area contributed by atoms with Gasteiger partial charge in [0.25, 0.3) is 0 Å². The van der Waals surface area contributed by atoms with E-state index in [-0.39, 0.29) is 23.2 Å². The SMILES string of the molecule is CCN(Cc1ccccc1)C(=O)CNc1cc(C(F)(F)F)ccc1Cl. The average Bonchev–Trinajstić information content (AvgIpc) is 2.58. The first kappa shape index (κ1) is 19.1. The van der Waals surface area contributed by atoms with Gasteiger partial charge in [0.2, 0.25) is 5.91 Å². The third-order valence-electron chi connectivity index (χ3n) is 3.67. The summed E-state index contributed by atoms with van der Waals surface area (Å²) in [5.74, 6) is -0.222. The highest BCUT2D eigenvalue weighted by Gasteiger charge is 2.31. The van der Waals surface area contributed by atoms with Crippen molar-refractivity contribution in [2.75, 3.05) is 18.4 Å². The van der Waals surface area contributed by atoms with E-state index in [1.165, 1.54) is 6.07 Å². The fourth-order valence-electron chi connectivity index (χ4n) is 2.30. The van der Waals surface area contributed by atoms with Crippen LogP contribution in [0.1, 0.15) is 18.1 Å². The van der Waals surface area contributed by atoms with Gasteiger partial charge in [0, 0.05) is 13.1 Å². The molecule has 0 bridgehead atoms. The summed E-state index contributed by atoms with van der Waals surface area (Å²) in [5.41, 5.74) is 0.249. The standard InChI is InChI=1S/C18H18ClF3N2O/c1-2-24(12-13-6-4-3-5-7-13)17(25)11-23-16-10-14(18(20,21)22)8-9-15(16)19/h3-10,23H,2,11-12H2,1H3. The number of carbonyl (C=O) groups excluding carboxylic acids is 1. The van der Waals surface area contributed by atoms with Crippen molar-refractivity contribution in [2.45, 2.75) is 19.6 Å². The lowest BCUT2D eigenvalue weighted by Crippen LogP contribution is -2.35. The number of rotatable bonds is 6. The molecule has 0 radical (unpaired) electrons. The van der Waals surface area contributed by atoms with E-state index in [9.17, 15) is 18.0 Å². The van der Waals surface area contributed by atoms with Crippen LogP contribution in [0.5, 0.6) is 0 Å². The summed E-state index contributed by atoms with van der Waals surface area (Å²) >= 11 is 5.92. The maximum atomic E-state index is 12.8. The fraction of sp³-hybridized carbons (Fsp3) is 0.278. The molecule has 0 heterocycles. The third-order valence-corrected chi connectivity index (χ3v) is 4.00. The Kier molecular flexibility index (Phi) is 6.31. The molecule has 0 fully saturated rings. The Morgan fingerprint density at radius 1 is 1.16 bits per heavy atom. The molecule has 25 heavy (non-hydrogen) atoms. The van der Waals surface area contributed by atoms with E-state index in [1.54, 1.807) is 4.90 Å². The summed E-state index contributed by atoms with van der Waals surface area (Å²) in [6.07, 6.45) is -4.46. The van der Waals surface area contributed by atoms with Gasteiger partial charge < -0.3 is 10.2 Å².